The first-order valence-corrected chi connectivity index (χ1v) is 8.07. The molecule has 2 rings (SSSR count). The van der Waals surface area contributed by atoms with Crippen molar-refractivity contribution in [3.63, 3.8) is 0 Å². The maximum absolute atomic E-state index is 6.09. The molecule has 1 aromatic rings. The Labute approximate surface area is 121 Å². The maximum atomic E-state index is 6.09. The molecule has 2 N–H and O–H groups in total. The molecule has 106 valence electrons. The molecule has 1 aliphatic rings. The number of aryl methyl sites for hydroxylation is 1. The Kier molecular flexibility index (Phi) is 4.59. The standard InChI is InChI=1S/C16H26N2S/c1-12-6-5-7-14(13(12)2)15(10-17)18-8-9-19-16(3,4)11-18/h5-7,15H,8-11,17H2,1-4H3. The molecule has 1 fully saturated rings. The van der Waals surface area contributed by atoms with Gasteiger partial charge in [-0.25, -0.2) is 0 Å². The number of hydrogen-bond acceptors (Lipinski definition) is 3. The van der Waals surface area contributed by atoms with Crippen LogP contribution < -0.4 is 5.73 Å². The maximum Gasteiger partial charge on any atom is 0.0474 e. The van der Waals surface area contributed by atoms with Crippen LogP contribution in [0.4, 0.5) is 0 Å². The number of benzene rings is 1. The predicted molar refractivity (Wildman–Crippen MR) is 85.8 cm³/mol. The van der Waals surface area contributed by atoms with E-state index in [4.69, 9.17) is 5.73 Å². The van der Waals surface area contributed by atoms with Crippen LogP contribution in [0.1, 0.15) is 36.6 Å². The third-order valence-electron chi connectivity index (χ3n) is 4.12. The Morgan fingerprint density at radius 2 is 2.11 bits per heavy atom. The summed E-state index contributed by atoms with van der Waals surface area (Å²) >= 11 is 2.07. The number of nitrogens with two attached hydrogens (primary N) is 1. The van der Waals surface area contributed by atoms with Gasteiger partial charge in [-0.1, -0.05) is 18.2 Å². The topological polar surface area (TPSA) is 29.3 Å². The van der Waals surface area contributed by atoms with Crippen LogP contribution in [0, 0.1) is 13.8 Å². The highest BCUT2D eigenvalue weighted by Crippen LogP contribution is 2.34. The second kappa shape index (κ2) is 5.86. The van der Waals surface area contributed by atoms with Crippen LogP contribution in [-0.4, -0.2) is 35.0 Å². The molecule has 3 heteroatoms. The summed E-state index contributed by atoms with van der Waals surface area (Å²) in [6.07, 6.45) is 0. The van der Waals surface area contributed by atoms with E-state index in [1.807, 2.05) is 0 Å². The summed E-state index contributed by atoms with van der Waals surface area (Å²) in [7, 11) is 0. The summed E-state index contributed by atoms with van der Waals surface area (Å²) in [6, 6.07) is 6.95. The normalized spacial score (nSPS) is 21.3. The Bertz CT molecular complexity index is 442. The van der Waals surface area contributed by atoms with E-state index in [0.29, 0.717) is 17.3 Å². The Morgan fingerprint density at radius 3 is 2.74 bits per heavy atom. The lowest BCUT2D eigenvalue weighted by Crippen LogP contribution is -2.46. The van der Waals surface area contributed by atoms with Crippen LogP contribution in [0.15, 0.2) is 18.2 Å². The number of hydrogen-bond donors (Lipinski definition) is 1. The molecule has 0 saturated carbocycles. The van der Waals surface area contributed by atoms with Gasteiger partial charge in [-0.2, -0.15) is 11.8 Å². The van der Waals surface area contributed by atoms with E-state index in [0.717, 1.165) is 13.1 Å². The molecule has 0 spiro atoms. The fourth-order valence-electron chi connectivity index (χ4n) is 2.93. The second-order valence-corrected chi connectivity index (χ2v) is 7.92. The monoisotopic (exact) mass is 278 g/mol. The van der Waals surface area contributed by atoms with Crippen molar-refractivity contribution in [1.29, 1.82) is 0 Å². The Morgan fingerprint density at radius 1 is 1.37 bits per heavy atom. The average molecular weight is 278 g/mol. The zero-order valence-electron chi connectivity index (χ0n) is 12.6. The van der Waals surface area contributed by atoms with Crippen LogP contribution >= 0.6 is 11.8 Å². The smallest absolute Gasteiger partial charge is 0.0474 e. The van der Waals surface area contributed by atoms with Gasteiger partial charge in [-0.15, -0.1) is 0 Å². The second-order valence-electron chi connectivity index (χ2n) is 6.12. The van der Waals surface area contributed by atoms with Crippen molar-refractivity contribution >= 4 is 11.8 Å². The molecule has 1 aromatic carbocycles. The first-order chi connectivity index (χ1) is 8.94. The van der Waals surface area contributed by atoms with Crippen molar-refractivity contribution in [3.8, 4) is 0 Å². The van der Waals surface area contributed by atoms with Crippen LogP contribution in [0.3, 0.4) is 0 Å². The van der Waals surface area contributed by atoms with Gasteiger partial charge in [-0.3, -0.25) is 4.90 Å². The molecular formula is C16H26N2S. The molecule has 0 bridgehead atoms. The van der Waals surface area contributed by atoms with Gasteiger partial charge < -0.3 is 5.73 Å². The SMILES string of the molecule is Cc1cccc(C(CN)N2CCSC(C)(C)C2)c1C. The van der Waals surface area contributed by atoms with Crippen molar-refractivity contribution in [3.05, 3.63) is 34.9 Å². The summed E-state index contributed by atoms with van der Waals surface area (Å²) in [4.78, 5) is 2.57. The number of rotatable bonds is 3. The minimum atomic E-state index is 0.337. The minimum Gasteiger partial charge on any atom is -0.329 e. The van der Waals surface area contributed by atoms with E-state index < -0.39 is 0 Å². The van der Waals surface area contributed by atoms with Crippen molar-refractivity contribution in [2.24, 2.45) is 5.73 Å². The summed E-state index contributed by atoms with van der Waals surface area (Å²) < 4.78 is 0.337. The number of nitrogens with zero attached hydrogens (tertiary/aromatic N) is 1. The van der Waals surface area contributed by atoms with Crippen LogP contribution in [0.25, 0.3) is 0 Å². The Hall–Kier alpha value is -0.510. The highest BCUT2D eigenvalue weighted by molar-refractivity contribution is 8.00. The first kappa shape index (κ1) is 14.9. The van der Waals surface area contributed by atoms with Gasteiger partial charge in [-0.05, 0) is 44.4 Å². The molecule has 0 aromatic heterocycles. The molecule has 2 nitrogen and oxygen atoms in total. The van der Waals surface area contributed by atoms with Crippen molar-refractivity contribution in [2.75, 3.05) is 25.4 Å². The quantitative estimate of drug-likeness (QED) is 0.921. The third-order valence-corrected chi connectivity index (χ3v) is 5.42. The fourth-order valence-corrected chi connectivity index (χ4v) is 4.06. The average Bonchev–Trinajstić information content (AvgIpc) is 2.34. The molecule has 1 unspecified atom stereocenters. The molecule has 1 atom stereocenters. The van der Waals surface area contributed by atoms with E-state index in [-0.39, 0.29) is 0 Å². The predicted octanol–water partition coefficient (Wildman–Crippen LogP) is 3.13. The van der Waals surface area contributed by atoms with E-state index in [1.54, 1.807) is 0 Å². The first-order valence-electron chi connectivity index (χ1n) is 7.09. The van der Waals surface area contributed by atoms with Gasteiger partial charge in [0.2, 0.25) is 0 Å². The van der Waals surface area contributed by atoms with Gasteiger partial charge in [0.25, 0.3) is 0 Å². The molecule has 0 amide bonds. The van der Waals surface area contributed by atoms with Crippen molar-refractivity contribution in [2.45, 2.75) is 38.5 Å². The van der Waals surface area contributed by atoms with Crippen molar-refractivity contribution in [1.82, 2.24) is 4.90 Å². The van der Waals surface area contributed by atoms with Gasteiger partial charge in [0, 0.05) is 36.2 Å². The summed E-state index contributed by atoms with van der Waals surface area (Å²) in [5.41, 5.74) is 10.3. The largest absolute Gasteiger partial charge is 0.329 e. The third kappa shape index (κ3) is 3.33. The van der Waals surface area contributed by atoms with Crippen LogP contribution in [0.5, 0.6) is 0 Å². The zero-order chi connectivity index (χ0) is 14.0. The van der Waals surface area contributed by atoms with Crippen LogP contribution in [0.2, 0.25) is 0 Å². The molecule has 19 heavy (non-hydrogen) atoms. The lowest BCUT2D eigenvalue weighted by Gasteiger charge is -2.42. The number of thioether (sulfide) groups is 1. The van der Waals surface area contributed by atoms with E-state index in [1.165, 1.54) is 22.4 Å². The van der Waals surface area contributed by atoms with E-state index in [9.17, 15) is 0 Å². The highest BCUT2D eigenvalue weighted by Gasteiger charge is 2.31. The zero-order valence-corrected chi connectivity index (χ0v) is 13.4. The summed E-state index contributed by atoms with van der Waals surface area (Å²) in [5.74, 6) is 1.20. The molecule has 1 aliphatic heterocycles. The molecule has 1 saturated heterocycles. The summed E-state index contributed by atoms with van der Waals surface area (Å²) in [5, 5.41) is 0. The van der Waals surface area contributed by atoms with Gasteiger partial charge in [0.1, 0.15) is 0 Å². The van der Waals surface area contributed by atoms with Gasteiger partial charge in [0.05, 0.1) is 0 Å². The van der Waals surface area contributed by atoms with Crippen LogP contribution in [-0.2, 0) is 0 Å². The van der Waals surface area contributed by atoms with Gasteiger partial charge in [0.15, 0.2) is 0 Å². The molecule has 1 heterocycles. The fraction of sp³-hybridized carbons (Fsp3) is 0.625. The van der Waals surface area contributed by atoms with Gasteiger partial charge >= 0.3 is 0 Å². The van der Waals surface area contributed by atoms with E-state index in [2.05, 4.69) is 62.6 Å². The highest BCUT2D eigenvalue weighted by atomic mass is 32.2. The Balaban J connectivity index is 2.27. The van der Waals surface area contributed by atoms with Crippen molar-refractivity contribution < 1.29 is 0 Å². The molecule has 0 radical (unpaired) electrons. The molecule has 0 aliphatic carbocycles. The lowest BCUT2D eigenvalue weighted by molar-refractivity contribution is 0.192. The minimum absolute atomic E-state index is 0.337. The summed E-state index contributed by atoms with van der Waals surface area (Å²) in [6.45, 7) is 12.0. The lowest BCUT2D eigenvalue weighted by atomic mass is 9.95. The van der Waals surface area contributed by atoms with E-state index >= 15 is 0 Å². The molecular weight excluding hydrogens is 252 g/mol.